The first-order valence-electron chi connectivity index (χ1n) is 15.8. The molecule has 1 aliphatic rings. The van der Waals surface area contributed by atoms with Gasteiger partial charge in [-0.2, -0.15) is 0 Å². The normalized spacial score (nSPS) is 15.8. The Morgan fingerprint density at radius 1 is 0.814 bits per heavy atom. The minimum atomic E-state index is -2.60. The van der Waals surface area contributed by atoms with Crippen LogP contribution in [0.2, 0.25) is 5.04 Å². The zero-order valence-corrected chi connectivity index (χ0v) is 27.4. The number of hydrogen-bond acceptors (Lipinski definition) is 6. The number of benzene rings is 2. The Kier molecular flexibility index (Phi) is 13.0. The number of carbonyl (C=O) groups excluding carboxylic acids is 2. The molecule has 0 bridgehead atoms. The van der Waals surface area contributed by atoms with Crippen LogP contribution < -0.4 is 10.4 Å². The summed E-state index contributed by atoms with van der Waals surface area (Å²) < 4.78 is 17.4. The second-order valence-corrected chi connectivity index (χ2v) is 17.2. The Bertz CT molecular complexity index is 1110. The van der Waals surface area contributed by atoms with Gasteiger partial charge in [-0.15, -0.1) is 0 Å². The molecule has 1 unspecified atom stereocenters. The van der Waals surface area contributed by atoms with E-state index in [4.69, 9.17) is 19.0 Å². The van der Waals surface area contributed by atoms with Crippen molar-refractivity contribution in [3.63, 3.8) is 0 Å². The van der Waals surface area contributed by atoms with Gasteiger partial charge in [0.2, 0.25) is 0 Å². The topological polar surface area (TPSA) is 99.1 Å². The highest BCUT2D eigenvalue weighted by atomic mass is 28.4. The van der Waals surface area contributed by atoms with Gasteiger partial charge in [-0.05, 0) is 66.3 Å². The molecule has 0 radical (unpaired) electrons. The van der Waals surface area contributed by atoms with Crippen LogP contribution in [-0.2, 0) is 28.3 Å². The van der Waals surface area contributed by atoms with Crippen LogP contribution in [0.15, 0.2) is 60.7 Å². The van der Waals surface area contributed by atoms with Crippen LogP contribution in [0.3, 0.4) is 0 Å². The number of rotatable bonds is 16. The molecule has 1 N–H and O–H groups in total. The number of unbranched alkanes of at least 4 members (excludes halogenated alkanes) is 1. The van der Waals surface area contributed by atoms with Crippen molar-refractivity contribution in [3.05, 3.63) is 60.7 Å². The summed E-state index contributed by atoms with van der Waals surface area (Å²) in [5.41, 5.74) is 0.185. The lowest BCUT2D eigenvalue weighted by Crippen LogP contribution is -2.66. The average Bonchev–Trinajstić information content (AvgIpc) is 2.98. The van der Waals surface area contributed by atoms with Gasteiger partial charge < -0.3 is 19.0 Å². The van der Waals surface area contributed by atoms with E-state index < -0.39 is 38.6 Å². The highest BCUT2D eigenvalue weighted by Crippen LogP contribution is 2.44. The van der Waals surface area contributed by atoms with Gasteiger partial charge >= 0.3 is 17.9 Å². The molecule has 1 atom stereocenters. The SMILES string of the molecule is CCOC(=O)C(CC(=O)O)C(=O)OCCCCC1(CCO[Si](c2ccccc2)(c2ccccc2)C(C)(C)C)CCCCC1. The zero-order chi connectivity index (χ0) is 31.3. The molecule has 0 amide bonds. The van der Waals surface area contributed by atoms with E-state index >= 15 is 0 Å². The van der Waals surface area contributed by atoms with Crippen molar-refractivity contribution in [3.8, 4) is 0 Å². The van der Waals surface area contributed by atoms with Crippen LogP contribution >= 0.6 is 0 Å². The Morgan fingerprint density at radius 3 is 1.88 bits per heavy atom. The number of carbonyl (C=O) groups is 3. The van der Waals surface area contributed by atoms with Crippen LogP contribution in [0.25, 0.3) is 0 Å². The van der Waals surface area contributed by atoms with Crippen molar-refractivity contribution in [2.45, 2.75) is 96.9 Å². The second-order valence-electron chi connectivity index (χ2n) is 12.8. The predicted molar refractivity (Wildman–Crippen MR) is 171 cm³/mol. The molecule has 1 saturated carbocycles. The number of esters is 2. The van der Waals surface area contributed by atoms with E-state index in [9.17, 15) is 14.4 Å². The third-order valence-electron chi connectivity index (χ3n) is 8.86. The lowest BCUT2D eigenvalue weighted by Gasteiger charge is -2.44. The Labute approximate surface area is 258 Å². The summed E-state index contributed by atoms with van der Waals surface area (Å²) in [6.45, 7) is 9.45. The number of carboxylic acid groups (broad SMARTS) is 1. The van der Waals surface area contributed by atoms with Gasteiger partial charge in [0.15, 0.2) is 5.92 Å². The average molecular weight is 611 g/mol. The van der Waals surface area contributed by atoms with E-state index in [1.807, 2.05) is 0 Å². The van der Waals surface area contributed by atoms with Gasteiger partial charge in [0.1, 0.15) is 0 Å². The van der Waals surface area contributed by atoms with Gasteiger partial charge in [0.05, 0.1) is 19.6 Å². The van der Waals surface area contributed by atoms with Crippen LogP contribution in [0.4, 0.5) is 0 Å². The van der Waals surface area contributed by atoms with Crippen molar-refractivity contribution < 1.29 is 33.4 Å². The molecule has 2 aromatic carbocycles. The molecule has 1 fully saturated rings. The first-order chi connectivity index (χ1) is 20.5. The van der Waals surface area contributed by atoms with Crippen LogP contribution in [0.1, 0.15) is 91.9 Å². The minimum Gasteiger partial charge on any atom is -0.481 e. The molecule has 0 spiro atoms. The number of aliphatic carboxylic acids is 1. The van der Waals surface area contributed by atoms with Gasteiger partial charge in [-0.3, -0.25) is 14.4 Å². The van der Waals surface area contributed by atoms with Crippen molar-refractivity contribution in [2.24, 2.45) is 11.3 Å². The maximum Gasteiger partial charge on any atom is 0.320 e. The van der Waals surface area contributed by atoms with Crippen LogP contribution in [-0.4, -0.2) is 51.2 Å². The van der Waals surface area contributed by atoms with E-state index in [1.165, 1.54) is 42.5 Å². The van der Waals surface area contributed by atoms with E-state index in [1.54, 1.807) is 6.92 Å². The maximum atomic E-state index is 12.5. The summed E-state index contributed by atoms with van der Waals surface area (Å²) in [4.78, 5) is 35.7. The molecule has 3 rings (SSSR count). The summed E-state index contributed by atoms with van der Waals surface area (Å²) in [5, 5.41) is 11.6. The minimum absolute atomic E-state index is 0.0681. The fraction of sp³-hybridized carbons (Fsp3) is 0.571. The lowest BCUT2D eigenvalue weighted by molar-refractivity contribution is -0.165. The molecule has 0 aromatic heterocycles. The van der Waals surface area contributed by atoms with Crippen molar-refractivity contribution in [1.29, 1.82) is 0 Å². The number of ether oxygens (including phenoxy) is 2. The molecule has 0 aliphatic heterocycles. The van der Waals surface area contributed by atoms with Crippen molar-refractivity contribution >= 4 is 36.6 Å². The first-order valence-corrected chi connectivity index (χ1v) is 17.8. The first kappa shape index (κ1) is 34.5. The Morgan fingerprint density at radius 2 is 1.37 bits per heavy atom. The molecule has 1 aliphatic carbocycles. The van der Waals surface area contributed by atoms with E-state index in [0.29, 0.717) is 13.0 Å². The van der Waals surface area contributed by atoms with Crippen LogP contribution in [0.5, 0.6) is 0 Å². The zero-order valence-electron chi connectivity index (χ0n) is 26.4. The fourth-order valence-corrected chi connectivity index (χ4v) is 11.2. The molecular formula is C35H50O7Si. The molecule has 7 nitrogen and oxygen atoms in total. The van der Waals surface area contributed by atoms with Gasteiger partial charge in [-0.25, -0.2) is 0 Å². The summed E-state index contributed by atoms with van der Waals surface area (Å²) in [6, 6.07) is 21.5. The Balaban J connectivity index is 1.65. The third kappa shape index (κ3) is 9.26. The monoisotopic (exact) mass is 610 g/mol. The Hall–Kier alpha value is -2.97. The fourth-order valence-electron chi connectivity index (χ4n) is 6.66. The van der Waals surface area contributed by atoms with Crippen molar-refractivity contribution in [1.82, 2.24) is 0 Å². The molecule has 2 aromatic rings. The molecule has 0 heterocycles. The summed E-state index contributed by atoms with van der Waals surface area (Å²) in [6.07, 6.45) is 8.93. The molecule has 0 saturated heterocycles. The predicted octanol–water partition coefficient (Wildman–Crippen LogP) is 6.27. The molecule has 43 heavy (non-hydrogen) atoms. The lowest BCUT2D eigenvalue weighted by atomic mass is 9.69. The molecular weight excluding hydrogens is 560 g/mol. The molecule has 8 heteroatoms. The van der Waals surface area contributed by atoms with Gasteiger partial charge in [0, 0.05) is 6.61 Å². The van der Waals surface area contributed by atoms with Crippen LogP contribution in [0, 0.1) is 11.3 Å². The van der Waals surface area contributed by atoms with Gasteiger partial charge in [0.25, 0.3) is 8.32 Å². The summed E-state index contributed by atoms with van der Waals surface area (Å²) >= 11 is 0. The quantitative estimate of drug-likeness (QED) is 0.104. The summed E-state index contributed by atoms with van der Waals surface area (Å²) in [5.74, 6) is -4.35. The number of hydrogen-bond donors (Lipinski definition) is 1. The standard InChI is InChI=1S/C35H50O7Si/c1-5-40-32(38)30(27-31(36)37)33(39)41-25-16-15-23-35(21-13-8-14-22-35)24-26-42-43(34(2,3)4,28-17-9-6-10-18-28)29-19-11-7-12-20-29/h6-7,9-12,17-20,30H,5,8,13-16,21-27H2,1-4H3,(H,36,37). The van der Waals surface area contributed by atoms with Crippen molar-refractivity contribution in [2.75, 3.05) is 19.8 Å². The van der Waals surface area contributed by atoms with Gasteiger partial charge in [-0.1, -0.05) is 101 Å². The highest BCUT2D eigenvalue weighted by molar-refractivity contribution is 6.99. The number of carboxylic acids is 1. The second kappa shape index (κ2) is 16.2. The highest BCUT2D eigenvalue weighted by Gasteiger charge is 2.50. The largest absolute Gasteiger partial charge is 0.481 e. The summed E-state index contributed by atoms with van der Waals surface area (Å²) in [7, 11) is -2.60. The maximum absolute atomic E-state index is 12.5. The smallest absolute Gasteiger partial charge is 0.320 e. The van der Waals surface area contributed by atoms with E-state index in [2.05, 4.69) is 81.4 Å². The van der Waals surface area contributed by atoms with E-state index in [-0.39, 0.29) is 23.7 Å². The van der Waals surface area contributed by atoms with E-state index in [0.717, 1.165) is 19.3 Å². The third-order valence-corrected chi connectivity index (χ3v) is 13.9. The molecule has 236 valence electrons.